The van der Waals surface area contributed by atoms with Crippen molar-refractivity contribution in [2.75, 3.05) is 0 Å². The highest BCUT2D eigenvalue weighted by Crippen LogP contribution is 2.20. The van der Waals surface area contributed by atoms with Gasteiger partial charge in [-0.3, -0.25) is 14.4 Å². The molecular formula is C34H64O4. The topological polar surface area (TPSA) is 71.4 Å². The van der Waals surface area contributed by atoms with Crippen molar-refractivity contribution in [3.63, 3.8) is 0 Å². The molecule has 0 heterocycles. The third-order valence-corrected chi connectivity index (χ3v) is 7.96. The Morgan fingerprint density at radius 2 is 0.711 bits per heavy atom. The zero-order valence-corrected chi connectivity index (χ0v) is 25.5. The molecule has 0 bridgehead atoms. The number of hydrogen-bond donors (Lipinski definition) is 1. The van der Waals surface area contributed by atoms with E-state index in [1.807, 2.05) is 0 Å². The van der Waals surface area contributed by atoms with E-state index in [0.717, 1.165) is 25.7 Å². The van der Waals surface area contributed by atoms with Gasteiger partial charge in [0.05, 0.1) is 5.92 Å². The molecule has 38 heavy (non-hydrogen) atoms. The van der Waals surface area contributed by atoms with Crippen molar-refractivity contribution in [2.24, 2.45) is 5.92 Å². The number of carbonyl (C=O) groups is 3. The number of ketones is 2. The third kappa shape index (κ3) is 25.1. The highest BCUT2D eigenvalue weighted by atomic mass is 16.4. The van der Waals surface area contributed by atoms with Crippen LogP contribution in [0.5, 0.6) is 0 Å². The van der Waals surface area contributed by atoms with Gasteiger partial charge in [-0.1, -0.05) is 149 Å². The summed E-state index contributed by atoms with van der Waals surface area (Å²) in [5.41, 5.74) is 0. The lowest BCUT2D eigenvalue weighted by atomic mass is 9.87. The van der Waals surface area contributed by atoms with Crippen molar-refractivity contribution in [3.8, 4) is 0 Å². The molecule has 224 valence electrons. The minimum Gasteiger partial charge on any atom is -0.481 e. The summed E-state index contributed by atoms with van der Waals surface area (Å²) >= 11 is 0. The van der Waals surface area contributed by atoms with Gasteiger partial charge in [-0.25, -0.2) is 0 Å². The van der Waals surface area contributed by atoms with Crippen molar-refractivity contribution in [3.05, 3.63) is 0 Å². The Balaban J connectivity index is 4.11. The summed E-state index contributed by atoms with van der Waals surface area (Å²) < 4.78 is 0. The first-order chi connectivity index (χ1) is 18.5. The van der Waals surface area contributed by atoms with E-state index in [4.69, 9.17) is 5.11 Å². The van der Waals surface area contributed by atoms with Gasteiger partial charge in [0.1, 0.15) is 11.6 Å². The van der Waals surface area contributed by atoms with Crippen LogP contribution < -0.4 is 0 Å². The van der Waals surface area contributed by atoms with Crippen LogP contribution in [0.4, 0.5) is 0 Å². The maximum absolute atomic E-state index is 12.9. The zero-order chi connectivity index (χ0) is 28.1. The predicted octanol–water partition coefficient (Wildman–Crippen LogP) is 10.8. The molecule has 0 spiro atoms. The molecule has 0 aromatic heterocycles. The molecule has 0 aromatic rings. The maximum Gasteiger partial charge on any atom is 0.303 e. The van der Waals surface area contributed by atoms with E-state index in [1.165, 1.54) is 116 Å². The van der Waals surface area contributed by atoms with Gasteiger partial charge >= 0.3 is 5.97 Å². The van der Waals surface area contributed by atoms with Crippen LogP contribution in [0.15, 0.2) is 0 Å². The molecule has 0 unspecified atom stereocenters. The van der Waals surface area contributed by atoms with E-state index in [9.17, 15) is 14.4 Å². The van der Waals surface area contributed by atoms with Crippen molar-refractivity contribution < 1.29 is 19.5 Å². The fourth-order valence-corrected chi connectivity index (χ4v) is 5.40. The summed E-state index contributed by atoms with van der Waals surface area (Å²) in [4.78, 5) is 36.7. The van der Waals surface area contributed by atoms with E-state index in [1.54, 1.807) is 0 Å². The number of Topliss-reactive ketones (excluding diaryl/α,β-unsaturated/α-hetero) is 2. The Hall–Kier alpha value is -1.19. The Kier molecular flexibility index (Phi) is 27.9. The zero-order valence-electron chi connectivity index (χ0n) is 25.5. The maximum atomic E-state index is 12.9. The largest absolute Gasteiger partial charge is 0.481 e. The normalized spacial score (nSPS) is 11.3. The van der Waals surface area contributed by atoms with Gasteiger partial charge in [0.2, 0.25) is 0 Å². The number of unbranched alkanes of at least 4 members (excludes halogenated alkanes) is 21. The molecule has 4 heteroatoms. The SMILES string of the molecule is CCCCCCCCCCCCCC(=O)C(CCCCC(=O)O)C(=O)CCCCCCCCCCCCC. The van der Waals surface area contributed by atoms with Crippen molar-refractivity contribution >= 4 is 17.5 Å². The molecule has 0 aliphatic carbocycles. The Bertz CT molecular complexity index is 519. The van der Waals surface area contributed by atoms with Crippen molar-refractivity contribution in [1.29, 1.82) is 0 Å². The highest BCUT2D eigenvalue weighted by Gasteiger charge is 2.25. The molecule has 0 aliphatic heterocycles. The molecule has 0 rings (SSSR count). The summed E-state index contributed by atoms with van der Waals surface area (Å²) in [6.07, 6.45) is 30.3. The number of rotatable bonds is 31. The number of aliphatic carboxylic acids is 1. The standard InChI is InChI=1S/C34H64O4/c1-3-5-7-9-11-13-15-17-19-21-23-28-32(35)31(27-25-26-30-34(37)38)33(36)29-24-22-20-18-16-14-12-10-8-6-4-2/h31H,3-30H2,1-2H3,(H,37,38). The van der Waals surface area contributed by atoms with Gasteiger partial charge in [-0.2, -0.15) is 0 Å². The first-order valence-corrected chi connectivity index (χ1v) is 16.8. The van der Waals surface area contributed by atoms with E-state index < -0.39 is 11.9 Å². The second-order valence-electron chi connectivity index (χ2n) is 11.7. The van der Waals surface area contributed by atoms with Crippen LogP contribution in [0.2, 0.25) is 0 Å². The quantitative estimate of drug-likeness (QED) is 0.0706. The van der Waals surface area contributed by atoms with Crippen LogP contribution in [0.25, 0.3) is 0 Å². The van der Waals surface area contributed by atoms with Gasteiger partial charge in [-0.15, -0.1) is 0 Å². The molecule has 1 N–H and O–H groups in total. The smallest absolute Gasteiger partial charge is 0.303 e. The molecule has 0 saturated heterocycles. The Labute approximate surface area is 236 Å². The molecule has 0 aromatic carbocycles. The molecule has 0 radical (unpaired) electrons. The first-order valence-electron chi connectivity index (χ1n) is 16.8. The fourth-order valence-electron chi connectivity index (χ4n) is 5.40. The molecular weight excluding hydrogens is 472 g/mol. The second kappa shape index (κ2) is 28.8. The number of hydrogen-bond acceptors (Lipinski definition) is 3. The number of carboxylic acids is 1. The number of carboxylic acid groups (broad SMARTS) is 1. The van der Waals surface area contributed by atoms with Gasteiger partial charge in [0, 0.05) is 19.3 Å². The van der Waals surface area contributed by atoms with Gasteiger partial charge in [0.15, 0.2) is 0 Å². The van der Waals surface area contributed by atoms with E-state index in [0.29, 0.717) is 32.1 Å². The lowest BCUT2D eigenvalue weighted by Gasteiger charge is -2.15. The third-order valence-electron chi connectivity index (χ3n) is 7.96. The lowest BCUT2D eigenvalue weighted by molar-refractivity contribution is -0.137. The monoisotopic (exact) mass is 536 g/mol. The summed E-state index contributed by atoms with van der Waals surface area (Å²) in [6.45, 7) is 4.50. The van der Waals surface area contributed by atoms with Crippen molar-refractivity contribution in [1.82, 2.24) is 0 Å². The highest BCUT2D eigenvalue weighted by molar-refractivity contribution is 6.02. The van der Waals surface area contributed by atoms with Gasteiger partial charge in [-0.05, 0) is 25.7 Å². The minimum absolute atomic E-state index is 0.101. The number of carbonyl (C=O) groups excluding carboxylic acids is 2. The van der Waals surface area contributed by atoms with E-state index in [-0.39, 0.29) is 18.0 Å². The van der Waals surface area contributed by atoms with Crippen LogP contribution in [0.3, 0.4) is 0 Å². The minimum atomic E-state index is -0.805. The van der Waals surface area contributed by atoms with Crippen LogP contribution in [-0.2, 0) is 14.4 Å². The van der Waals surface area contributed by atoms with Crippen molar-refractivity contribution in [2.45, 2.75) is 194 Å². The molecule has 0 atom stereocenters. The Morgan fingerprint density at radius 1 is 0.421 bits per heavy atom. The molecule has 0 fully saturated rings. The predicted molar refractivity (Wildman–Crippen MR) is 162 cm³/mol. The second-order valence-corrected chi connectivity index (χ2v) is 11.7. The van der Waals surface area contributed by atoms with Gasteiger partial charge in [0.25, 0.3) is 0 Å². The van der Waals surface area contributed by atoms with Crippen LogP contribution >= 0.6 is 0 Å². The van der Waals surface area contributed by atoms with Crippen LogP contribution in [0, 0.1) is 5.92 Å². The molecule has 0 amide bonds. The summed E-state index contributed by atoms with van der Waals surface area (Å²) in [6, 6.07) is 0. The average Bonchev–Trinajstić information content (AvgIpc) is 2.90. The molecule has 0 aliphatic rings. The molecule has 0 saturated carbocycles. The fraction of sp³-hybridized carbons (Fsp3) is 0.912. The first kappa shape index (κ1) is 36.8. The van der Waals surface area contributed by atoms with E-state index >= 15 is 0 Å². The van der Waals surface area contributed by atoms with Crippen LogP contribution in [0.1, 0.15) is 194 Å². The van der Waals surface area contributed by atoms with E-state index in [2.05, 4.69) is 13.8 Å². The Morgan fingerprint density at radius 3 is 1.03 bits per heavy atom. The van der Waals surface area contributed by atoms with Gasteiger partial charge < -0.3 is 5.11 Å². The summed E-state index contributed by atoms with van der Waals surface area (Å²) in [5, 5.41) is 8.90. The summed E-state index contributed by atoms with van der Waals surface area (Å²) in [5.74, 6) is -1.11. The van der Waals surface area contributed by atoms with Crippen LogP contribution in [-0.4, -0.2) is 22.6 Å². The summed E-state index contributed by atoms with van der Waals surface area (Å²) in [7, 11) is 0. The molecule has 4 nitrogen and oxygen atoms in total. The lowest BCUT2D eigenvalue weighted by Crippen LogP contribution is -2.24. The average molecular weight is 537 g/mol.